The summed E-state index contributed by atoms with van der Waals surface area (Å²) < 4.78 is 5.58. The van der Waals surface area contributed by atoms with Gasteiger partial charge in [-0.1, -0.05) is 13.8 Å². The topological polar surface area (TPSA) is 63.9 Å². The van der Waals surface area contributed by atoms with Crippen LogP contribution in [0.5, 0.6) is 5.75 Å². The van der Waals surface area contributed by atoms with Gasteiger partial charge in [-0.15, -0.1) is 0 Å². The fourth-order valence-corrected chi connectivity index (χ4v) is 1.69. The minimum absolute atomic E-state index is 0.0255. The molecule has 0 bridgehead atoms. The van der Waals surface area contributed by atoms with E-state index in [1.165, 1.54) is 0 Å². The third-order valence-electron chi connectivity index (χ3n) is 2.74. The molecule has 0 saturated carbocycles. The lowest BCUT2D eigenvalue weighted by atomic mass is 10.2. The summed E-state index contributed by atoms with van der Waals surface area (Å²) in [6.07, 6.45) is 1.88. The SMILES string of the molecule is CCCOc1ccc2nc(C(N)CC)[nH]c2c1. The summed E-state index contributed by atoms with van der Waals surface area (Å²) in [6, 6.07) is 5.86. The van der Waals surface area contributed by atoms with Gasteiger partial charge in [0.2, 0.25) is 0 Å². The van der Waals surface area contributed by atoms with Gasteiger partial charge in [-0.05, 0) is 25.0 Å². The number of hydrogen-bond donors (Lipinski definition) is 2. The zero-order valence-corrected chi connectivity index (χ0v) is 10.4. The van der Waals surface area contributed by atoms with Crippen LogP contribution >= 0.6 is 0 Å². The molecule has 0 aliphatic rings. The maximum absolute atomic E-state index is 5.95. The van der Waals surface area contributed by atoms with Crippen LogP contribution in [0.2, 0.25) is 0 Å². The predicted molar refractivity (Wildman–Crippen MR) is 69.1 cm³/mol. The van der Waals surface area contributed by atoms with Crippen LogP contribution in [0.3, 0.4) is 0 Å². The number of nitrogens with one attached hydrogen (secondary N) is 1. The Bertz CT molecular complexity index is 492. The van der Waals surface area contributed by atoms with Gasteiger partial charge >= 0.3 is 0 Å². The number of nitrogens with zero attached hydrogens (tertiary/aromatic N) is 1. The van der Waals surface area contributed by atoms with E-state index >= 15 is 0 Å². The summed E-state index contributed by atoms with van der Waals surface area (Å²) in [5.41, 5.74) is 7.87. The van der Waals surface area contributed by atoms with Crippen LogP contribution in [0.15, 0.2) is 18.2 Å². The number of nitrogens with two attached hydrogens (primary N) is 1. The molecule has 1 unspecified atom stereocenters. The first-order valence-electron chi connectivity index (χ1n) is 6.12. The van der Waals surface area contributed by atoms with Gasteiger partial charge in [0.15, 0.2) is 0 Å². The second-order valence-corrected chi connectivity index (χ2v) is 4.16. The highest BCUT2D eigenvalue weighted by molar-refractivity contribution is 5.76. The zero-order valence-electron chi connectivity index (χ0n) is 10.4. The van der Waals surface area contributed by atoms with Gasteiger partial charge in [-0.3, -0.25) is 0 Å². The van der Waals surface area contributed by atoms with Crippen LogP contribution in [0.25, 0.3) is 11.0 Å². The van der Waals surface area contributed by atoms with Crippen LogP contribution in [0.4, 0.5) is 0 Å². The Balaban J connectivity index is 2.27. The first-order valence-corrected chi connectivity index (χ1v) is 6.12. The summed E-state index contributed by atoms with van der Waals surface area (Å²) in [7, 11) is 0. The summed E-state index contributed by atoms with van der Waals surface area (Å²) in [6.45, 7) is 4.88. The molecule has 0 aliphatic carbocycles. The molecule has 4 nitrogen and oxygen atoms in total. The maximum atomic E-state index is 5.95. The normalized spacial score (nSPS) is 12.9. The van der Waals surface area contributed by atoms with Crippen molar-refractivity contribution in [1.82, 2.24) is 9.97 Å². The number of ether oxygens (including phenoxy) is 1. The fraction of sp³-hybridized carbons (Fsp3) is 0.462. The largest absolute Gasteiger partial charge is 0.494 e. The predicted octanol–water partition coefficient (Wildman–Crippen LogP) is 2.76. The second kappa shape index (κ2) is 5.19. The molecule has 1 aromatic carbocycles. The Kier molecular flexibility index (Phi) is 3.64. The second-order valence-electron chi connectivity index (χ2n) is 4.16. The van der Waals surface area contributed by atoms with E-state index in [9.17, 15) is 0 Å². The van der Waals surface area contributed by atoms with Crippen molar-refractivity contribution in [1.29, 1.82) is 0 Å². The van der Waals surface area contributed by atoms with E-state index in [0.717, 1.165) is 42.1 Å². The number of aromatic amines is 1. The average Bonchev–Trinajstić information content (AvgIpc) is 2.78. The lowest BCUT2D eigenvalue weighted by molar-refractivity contribution is 0.318. The van der Waals surface area contributed by atoms with E-state index < -0.39 is 0 Å². The molecule has 0 fully saturated rings. The molecule has 3 N–H and O–H groups in total. The van der Waals surface area contributed by atoms with Crippen molar-refractivity contribution in [2.75, 3.05) is 6.61 Å². The number of fused-ring (bicyclic) bond motifs is 1. The standard InChI is InChI=1S/C13H19N3O/c1-3-7-17-9-5-6-11-12(8-9)16-13(15-11)10(14)4-2/h5-6,8,10H,3-4,7,14H2,1-2H3,(H,15,16). The molecule has 0 aliphatic heterocycles. The summed E-state index contributed by atoms with van der Waals surface area (Å²) in [5, 5.41) is 0. The van der Waals surface area contributed by atoms with Gasteiger partial charge in [0.05, 0.1) is 23.7 Å². The number of hydrogen-bond acceptors (Lipinski definition) is 3. The quantitative estimate of drug-likeness (QED) is 0.834. The first-order chi connectivity index (χ1) is 8.24. The lowest BCUT2D eigenvalue weighted by Crippen LogP contribution is -2.10. The van der Waals surface area contributed by atoms with Gasteiger partial charge in [0, 0.05) is 6.07 Å². The molecule has 0 saturated heterocycles. The monoisotopic (exact) mass is 233 g/mol. The Morgan fingerprint density at radius 1 is 1.41 bits per heavy atom. The van der Waals surface area contributed by atoms with E-state index in [4.69, 9.17) is 10.5 Å². The summed E-state index contributed by atoms with van der Waals surface area (Å²) in [5.74, 6) is 1.72. The van der Waals surface area contributed by atoms with Crippen molar-refractivity contribution < 1.29 is 4.74 Å². The fourth-order valence-electron chi connectivity index (χ4n) is 1.69. The smallest absolute Gasteiger partial charge is 0.124 e. The Morgan fingerprint density at radius 3 is 2.94 bits per heavy atom. The first kappa shape index (κ1) is 11.9. The van der Waals surface area contributed by atoms with E-state index in [0.29, 0.717) is 0 Å². The Labute approximate surface area is 101 Å². The number of H-pyrrole nitrogens is 1. The highest BCUT2D eigenvalue weighted by atomic mass is 16.5. The Morgan fingerprint density at radius 2 is 2.24 bits per heavy atom. The van der Waals surface area contributed by atoms with Gasteiger partial charge in [-0.25, -0.2) is 4.98 Å². The molecule has 92 valence electrons. The molecule has 0 spiro atoms. The number of imidazole rings is 1. The molecule has 2 rings (SSSR count). The highest BCUT2D eigenvalue weighted by Gasteiger charge is 2.09. The third-order valence-corrected chi connectivity index (χ3v) is 2.74. The molecule has 1 atom stereocenters. The zero-order chi connectivity index (χ0) is 12.3. The molecule has 17 heavy (non-hydrogen) atoms. The summed E-state index contributed by atoms with van der Waals surface area (Å²) >= 11 is 0. The number of aromatic nitrogens is 2. The molecule has 4 heteroatoms. The Hall–Kier alpha value is -1.55. The van der Waals surface area contributed by atoms with Crippen molar-refractivity contribution in [3.63, 3.8) is 0 Å². The van der Waals surface area contributed by atoms with Crippen molar-refractivity contribution in [2.45, 2.75) is 32.7 Å². The van der Waals surface area contributed by atoms with Crippen molar-refractivity contribution in [2.24, 2.45) is 5.73 Å². The lowest BCUT2D eigenvalue weighted by Gasteiger charge is -2.03. The van der Waals surface area contributed by atoms with Crippen molar-refractivity contribution in [3.8, 4) is 5.75 Å². The number of rotatable bonds is 5. The third kappa shape index (κ3) is 2.58. The van der Waals surface area contributed by atoms with Gasteiger partial charge in [0.25, 0.3) is 0 Å². The van der Waals surface area contributed by atoms with E-state index in [1.54, 1.807) is 0 Å². The molecule has 2 aromatic rings. The highest BCUT2D eigenvalue weighted by Crippen LogP contribution is 2.21. The van der Waals surface area contributed by atoms with E-state index in [2.05, 4.69) is 16.9 Å². The van der Waals surface area contributed by atoms with Crippen LogP contribution in [0.1, 0.15) is 38.6 Å². The van der Waals surface area contributed by atoms with Crippen LogP contribution in [0, 0.1) is 0 Å². The summed E-state index contributed by atoms with van der Waals surface area (Å²) in [4.78, 5) is 7.72. The molecule has 0 radical (unpaired) electrons. The van der Waals surface area contributed by atoms with E-state index in [-0.39, 0.29) is 6.04 Å². The van der Waals surface area contributed by atoms with Crippen molar-refractivity contribution >= 4 is 11.0 Å². The molecule has 0 amide bonds. The molecular formula is C13H19N3O. The average molecular weight is 233 g/mol. The van der Waals surface area contributed by atoms with Crippen LogP contribution in [-0.4, -0.2) is 16.6 Å². The minimum atomic E-state index is -0.0255. The number of benzene rings is 1. The van der Waals surface area contributed by atoms with Crippen molar-refractivity contribution in [3.05, 3.63) is 24.0 Å². The maximum Gasteiger partial charge on any atom is 0.124 e. The molecular weight excluding hydrogens is 214 g/mol. The minimum Gasteiger partial charge on any atom is -0.494 e. The van der Waals surface area contributed by atoms with Gasteiger partial charge in [-0.2, -0.15) is 0 Å². The van der Waals surface area contributed by atoms with Crippen LogP contribution in [-0.2, 0) is 0 Å². The van der Waals surface area contributed by atoms with Crippen LogP contribution < -0.4 is 10.5 Å². The molecule has 1 aromatic heterocycles. The van der Waals surface area contributed by atoms with Gasteiger partial charge in [0.1, 0.15) is 11.6 Å². The molecule has 1 heterocycles. The van der Waals surface area contributed by atoms with E-state index in [1.807, 2.05) is 25.1 Å². The van der Waals surface area contributed by atoms with Gasteiger partial charge < -0.3 is 15.5 Å².